The van der Waals surface area contributed by atoms with Crippen LogP contribution in [0.3, 0.4) is 0 Å². The quantitative estimate of drug-likeness (QED) is 0.0346. The Hall–Kier alpha value is -3.76. The number of hydrogen-bond donors (Lipinski definition) is 28. The van der Waals surface area contributed by atoms with E-state index in [1.54, 1.807) is 0 Å². The second-order valence-electron chi connectivity index (χ2n) is 28.2. The first-order chi connectivity index (χ1) is 52.4. The van der Waals surface area contributed by atoms with Crippen molar-refractivity contribution in [3.05, 3.63) is 0 Å². The van der Waals surface area contributed by atoms with Gasteiger partial charge in [0.1, 0.15) is 213 Å². The number of aliphatic hydroxyl groups excluding tert-OH is 24. The fraction of sp³-hybridized carbons (Fsp3) is 0.935. The third-order valence-electron chi connectivity index (χ3n) is 20.3. The predicted octanol–water partition coefficient (Wildman–Crippen LogP) is -19.0. The first-order valence-corrected chi connectivity index (χ1v) is 35.5. The maximum Gasteiger partial charge on any atom is 0.217 e. The molecule has 9 heterocycles. The van der Waals surface area contributed by atoms with E-state index in [4.69, 9.17) is 80.5 Å². The van der Waals surface area contributed by atoms with Crippen molar-refractivity contribution in [3.63, 3.8) is 0 Å². The number of hydrogen-bond acceptors (Lipinski definition) is 45. The van der Waals surface area contributed by atoms with E-state index in [1.165, 1.54) is 6.92 Å². The molecule has 9 aliphatic heterocycles. The Labute approximate surface area is 629 Å². The van der Waals surface area contributed by atoms with Crippen LogP contribution in [0.2, 0.25) is 0 Å². The molecular weight excluding hydrogens is 1520 g/mol. The number of rotatable bonds is 28. The molecule has 642 valence electrons. The van der Waals surface area contributed by atoms with Gasteiger partial charge < -0.3 is 224 Å². The van der Waals surface area contributed by atoms with Crippen LogP contribution in [-0.4, -0.2) is 475 Å². The monoisotopic (exact) mass is 1620 g/mol. The lowest BCUT2D eigenvalue weighted by atomic mass is 9.93. The van der Waals surface area contributed by atoms with E-state index in [0.29, 0.717) is 0 Å². The molecule has 9 fully saturated rings. The van der Waals surface area contributed by atoms with Gasteiger partial charge in [-0.05, 0) is 6.92 Å². The fourth-order valence-electron chi connectivity index (χ4n) is 14.3. The normalized spacial score (nSPS) is 49.3. The van der Waals surface area contributed by atoms with E-state index in [-0.39, 0.29) is 0 Å². The topological polar surface area (TPSA) is 759 Å². The van der Waals surface area contributed by atoms with Crippen LogP contribution in [0, 0.1) is 0 Å². The Balaban J connectivity index is 1.11. The predicted molar refractivity (Wildman–Crippen MR) is 342 cm³/mol. The van der Waals surface area contributed by atoms with Crippen molar-refractivity contribution < 1.29 is 222 Å². The second-order valence-corrected chi connectivity index (χ2v) is 28.2. The summed E-state index contributed by atoms with van der Waals surface area (Å²) in [7, 11) is 0. The maximum absolute atomic E-state index is 13.3. The van der Waals surface area contributed by atoms with Crippen molar-refractivity contribution in [1.29, 1.82) is 0 Å². The van der Waals surface area contributed by atoms with E-state index in [0.717, 1.165) is 27.7 Å². The molecule has 4 amide bonds. The zero-order valence-corrected chi connectivity index (χ0v) is 59.9. The largest absolute Gasteiger partial charge is 0.394 e. The number of ether oxygens (including phenoxy) is 17. The lowest BCUT2D eigenvalue weighted by Gasteiger charge is -2.52. The molecule has 49 nitrogen and oxygen atoms in total. The molecular formula is C62H104N4O45. The minimum absolute atomic E-state index is 0.836. The van der Waals surface area contributed by atoms with Crippen LogP contribution in [0.1, 0.15) is 34.6 Å². The van der Waals surface area contributed by atoms with Gasteiger partial charge in [0.2, 0.25) is 23.6 Å². The summed E-state index contributed by atoms with van der Waals surface area (Å²) < 4.78 is 102. The molecule has 9 saturated heterocycles. The van der Waals surface area contributed by atoms with E-state index >= 15 is 0 Å². The van der Waals surface area contributed by atoms with Crippen molar-refractivity contribution in [3.8, 4) is 0 Å². The van der Waals surface area contributed by atoms with Gasteiger partial charge in [-0.25, -0.2) is 0 Å². The number of carbonyl (C=O) groups excluding carboxylic acids is 4. The summed E-state index contributed by atoms with van der Waals surface area (Å²) in [5.41, 5.74) is 0. The highest BCUT2D eigenvalue weighted by atomic mass is 16.8. The zero-order chi connectivity index (χ0) is 81.8. The Morgan fingerprint density at radius 1 is 0.252 bits per heavy atom. The highest BCUT2D eigenvalue weighted by Gasteiger charge is 2.61. The standard InChI is InChI=1S/C62H104N4O45/c1-14-31(77)40(86)44(90)58(97-14)95-12-25-50(37(83)27(54(94)98-25)63-15(2)73)106-56-29(65-17(4)75)38(84)49(24(11-72)103-56)108-61-47(93)52(51(109-55-28(64-16(3)74)36(82)32(78)19(6-67)99-55)26(105-61)13-96-59-45(91)41(87)33(79)20(7-68)100-59)110-62-53(43(89)35(81)22(9-70)102-62)111-57-30(66-18(5)76)39(85)48(23(10-71)104-57)107-60-46(92)42(88)34(80)21(8-69)101-60/h14,19-62,67-72,77-94H,6-13H2,1-5H3,(H,63,73)(H,64,74)(H,65,75)(H,66,76)/t14-,19+,20+,21+,22+,23+,24+,25+,26+,27+,28+,29+,30+,31+,32+,33+,34-,35+,36+,37+,38+,39+,40+,41-,42-,43-,44-,45-,46+,47-,48+,49+,50+,51+,52+,53-,54+,55-,56-,57-,58+,59-,60-,61-,62+/m0/s1. The van der Waals surface area contributed by atoms with Gasteiger partial charge >= 0.3 is 0 Å². The van der Waals surface area contributed by atoms with Crippen LogP contribution >= 0.6 is 0 Å². The molecule has 111 heavy (non-hydrogen) atoms. The number of nitrogens with one attached hydrogen (secondary N) is 4. The molecule has 45 atom stereocenters. The van der Waals surface area contributed by atoms with Gasteiger partial charge in [-0.1, -0.05) is 0 Å². The molecule has 49 heteroatoms. The lowest BCUT2D eigenvalue weighted by molar-refractivity contribution is -0.407. The van der Waals surface area contributed by atoms with Gasteiger partial charge in [0.15, 0.2) is 56.6 Å². The molecule has 0 bridgehead atoms. The van der Waals surface area contributed by atoms with E-state index in [2.05, 4.69) is 21.3 Å². The molecule has 0 aromatic heterocycles. The van der Waals surface area contributed by atoms with Crippen LogP contribution in [0.4, 0.5) is 0 Å². The summed E-state index contributed by atoms with van der Waals surface area (Å²) in [4.78, 5) is 51.6. The smallest absolute Gasteiger partial charge is 0.217 e. The Bertz CT molecular complexity index is 2950. The summed E-state index contributed by atoms with van der Waals surface area (Å²) >= 11 is 0. The highest BCUT2D eigenvalue weighted by molar-refractivity contribution is 5.74. The third kappa shape index (κ3) is 20.3. The highest BCUT2D eigenvalue weighted by Crippen LogP contribution is 2.41. The van der Waals surface area contributed by atoms with Crippen molar-refractivity contribution in [2.45, 2.75) is 311 Å². The van der Waals surface area contributed by atoms with Crippen LogP contribution in [0.5, 0.6) is 0 Å². The number of amides is 4. The molecule has 0 aromatic rings. The minimum atomic E-state index is -2.67. The van der Waals surface area contributed by atoms with Gasteiger partial charge in [0, 0.05) is 27.7 Å². The fourth-order valence-corrected chi connectivity index (χ4v) is 14.3. The van der Waals surface area contributed by atoms with Gasteiger partial charge in [-0.2, -0.15) is 0 Å². The molecule has 0 saturated carbocycles. The summed E-state index contributed by atoms with van der Waals surface area (Å²) in [6.45, 7) is -3.65. The van der Waals surface area contributed by atoms with Gasteiger partial charge in [-0.3, -0.25) is 19.2 Å². The first-order valence-electron chi connectivity index (χ1n) is 35.5. The van der Waals surface area contributed by atoms with E-state index < -0.39 is 353 Å². The zero-order valence-electron chi connectivity index (χ0n) is 59.9. The maximum atomic E-state index is 13.3. The summed E-state index contributed by atoms with van der Waals surface area (Å²) in [5, 5.41) is 276. The van der Waals surface area contributed by atoms with Crippen LogP contribution in [-0.2, 0) is 99.7 Å². The Morgan fingerprint density at radius 3 is 0.991 bits per heavy atom. The molecule has 0 aromatic carbocycles. The van der Waals surface area contributed by atoms with Crippen LogP contribution < -0.4 is 21.3 Å². The lowest BCUT2D eigenvalue weighted by Crippen LogP contribution is -2.71. The number of carbonyl (C=O) groups is 4. The molecule has 9 rings (SSSR count). The van der Waals surface area contributed by atoms with Crippen LogP contribution in [0.25, 0.3) is 0 Å². The Morgan fingerprint density at radius 2 is 0.541 bits per heavy atom. The third-order valence-corrected chi connectivity index (χ3v) is 20.3. The molecule has 0 aliphatic carbocycles. The second kappa shape index (κ2) is 39.7. The average Bonchev–Trinajstić information content (AvgIpc) is 0.765. The van der Waals surface area contributed by atoms with Gasteiger partial charge in [0.05, 0.1) is 59.0 Å². The first kappa shape index (κ1) is 91.1. The van der Waals surface area contributed by atoms with E-state index in [9.17, 15) is 142 Å². The minimum Gasteiger partial charge on any atom is -0.394 e. The molecule has 28 N–H and O–H groups in total. The average molecular weight is 1630 g/mol. The number of aliphatic hydroxyl groups is 24. The summed E-state index contributed by atoms with van der Waals surface area (Å²) in [5.74, 6) is -3.74. The van der Waals surface area contributed by atoms with Crippen molar-refractivity contribution in [2.24, 2.45) is 0 Å². The van der Waals surface area contributed by atoms with Crippen LogP contribution in [0.15, 0.2) is 0 Å². The summed E-state index contributed by atoms with van der Waals surface area (Å²) in [6.07, 6.45) is -85.0. The van der Waals surface area contributed by atoms with E-state index in [1.807, 2.05) is 0 Å². The SMILES string of the molecule is CC(=O)N[C@@H]1[C@@H](O)[C@H](O[C@@H]2O[C@H](CO)[C@@H](O[C@@H]3O[C@H](CO[C@H]4O[C@H](CO)[C@@H](O)[C@H](O)[C@@H]4O)[C@@H](O[C@@H]4O[C@H](CO)[C@@H](O)[C@H](O)[C@H]4NC(C)=O)[C@H](O[C@H]4O[C@H](CO)[C@@H](O)[C@H](O)[C@@H]4O[C@@H]4O[C@H](CO)[C@@H](O[C@@H]5O[C@H](CO)[C@H](O)[C@H](O)[C@H]5O)[C@H](O)[C@H]4NC(C)=O)[C@@H]3O)[C@H](O)[C@H]2NC(C)=O)[C@@H](CO[C@@H]2O[C@@H](C)[C@@H](O)[C@@H](O)[C@@H]2O)O[C@H]1O. The molecule has 0 radical (unpaired) electrons. The Kier molecular flexibility index (Phi) is 32.6. The molecule has 0 unspecified atom stereocenters. The van der Waals surface area contributed by atoms with Crippen molar-refractivity contribution in [2.75, 3.05) is 52.9 Å². The van der Waals surface area contributed by atoms with Crippen molar-refractivity contribution in [1.82, 2.24) is 21.3 Å². The van der Waals surface area contributed by atoms with Gasteiger partial charge in [0.25, 0.3) is 0 Å². The van der Waals surface area contributed by atoms with Gasteiger partial charge in [-0.15, -0.1) is 0 Å². The van der Waals surface area contributed by atoms with Crippen molar-refractivity contribution >= 4 is 23.6 Å². The molecule has 9 aliphatic rings. The molecule has 0 spiro atoms. The summed E-state index contributed by atoms with van der Waals surface area (Å²) in [6, 6.07) is -7.69.